The van der Waals surface area contributed by atoms with Gasteiger partial charge >= 0.3 is 0 Å². The van der Waals surface area contributed by atoms with Crippen molar-refractivity contribution in [2.75, 3.05) is 5.17 Å². The molecule has 1 aliphatic heterocycles. The fourth-order valence-electron chi connectivity index (χ4n) is 2.73. The lowest BCUT2D eigenvalue weighted by molar-refractivity contribution is 0.243. The van der Waals surface area contributed by atoms with Crippen LogP contribution in [-0.4, -0.2) is 0 Å². The first-order valence-corrected chi connectivity index (χ1v) is 8.16. The van der Waals surface area contributed by atoms with E-state index in [2.05, 4.69) is 36.3 Å². The van der Waals surface area contributed by atoms with Gasteiger partial charge in [0, 0.05) is 5.56 Å². The van der Waals surface area contributed by atoms with E-state index in [4.69, 9.17) is 4.84 Å². The van der Waals surface area contributed by atoms with Crippen LogP contribution in [0.3, 0.4) is 0 Å². The molecule has 25 heavy (non-hydrogen) atoms. The SMILES string of the molecule is C=Cc1ccc(C2=CNN(c3ccc(-c4ccccc4)cc3)O2)cc1. The minimum Gasteiger partial charge on any atom is -0.357 e. The van der Waals surface area contributed by atoms with E-state index in [0.29, 0.717) is 0 Å². The van der Waals surface area contributed by atoms with Gasteiger partial charge in [-0.25, -0.2) is 0 Å². The van der Waals surface area contributed by atoms with Gasteiger partial charge in [-0.1, -0.05) is 79.4 Å². The first-order valence-electron chi connectivity index (χ1n) is 8.16. The van der Waals surface area contributed by atoms with E-state index in [1.165, 1.54) is 11.1 Å². The van der Waals surface area contributed by atoms with Gasteiger partial charge in [0.1, 0.15) is 0 Å². The molecule has 0 aromatic heterocycles. The van der Waals surface area contributed by atoms with Gasteiger partial charge in [-0.2, -0.15) is 0 Å². The maximum Gasteiger partial charge on any atom is 0.182 e. The van der Waals surface area contributed by atoms with E-state index in [9.17, 15) is 0 Å². The Balaban J connectivity index is 1.48. The second kappa shape index (κ2) is 6.57. The third-order valence-corrected chi connectivity index (χ3v) is 4.14. The van der Waals surface area contributed by atoms with E-state index in [-0.39, 0.29) is 0 Å². The molecule has 122 valence electrons. The lowest BCUT2D eigenvalue weighted by atomic mass is 10.1. The van der Waals surface area contributed by atoms with Crippen LogP contribution in [0.2, 0.25) is 0 Å². The Morgan fingerprint density at radius 1 is 0.760 bits per heavy atom. The molecule has 0 amide bonds. The summed E-state index contributed by atoms with van der Waals surface area (Å²) < 4.78 is 0. The highest BCUT2D eigenvalue weighted by atomic mass is 16.7. The average molecular weight is 326 g/mol. The molecular formula is C22H18N2O. The van der Waals surface area contributed by atoms with Crippen LogP contribution < -0.4 is 10.6 Å². The Hall–Kier alpha value is -3.46. The van der Waals surface area contributed by atoms with Gasteiger partial charge in [0.15, 0.2) is 5.76 Å². The van der Waals surface area contributed by atoms with Crippen molar-refractivity contribution in [2.45, 2.75) is 0 Å². The van der Waals surface area contributed by atoms with Crippen LogP contribution in [0.1, 0.15) is 11.1 Å². The Morgan fingerprint density at radius 2 is 1.40 bits per heavy atom. The van der Waals surface area contributed by atoms with Gasteiger partial charge in [-0.15, -0.1) is 5.17 Å². The normalized spacial score (nSPS) is 13.0. The minimum absolute atomic E-state index is 0.780. The molecule has 0 unspecified atom stereocenters. The predicted octanol–water partition coefficient (Wildman–Crippen LogP) is 5.25. The molecule has 0 saturated heterocycles. The van der Waals surface area contributed by atoms with E-state index >= 15 is 0 Å². The van der Waals surface area contributed by atoms with Crippen LogP contribution in [0.25, 0.3) is 23.0 Å². The van der Waals surface area contributed by atoms with Crippen LogP contribution in [0.5, 0.6) is 0 Å². The highest BCUT2D eigenvalue weighted by Crippen LogP contribution is 2.27. The summed E-state index contributed by atoms with van der Waals surface area (Å²) in [6.45, 7) is 3.77. The summed E-state index contributed by atoms with van der Waals surface area (Å²) in [5, 5.41) is 1.66. The molecule has 0 saturated carbocycles. The van der Waals surface area contributed by atoms with E-state index < -0.39 is 0 Å². The maximum atomic E-state index is 5.91. The highest BCUT2D eigenvalue weighted by molar-refractivity contribution is 5.68. The van der Waals surface area contributed by atoms with Crippen molar-refractivity contribution in [2.24, 2.45) is 0 Å². The predicted molar refractivity (Wildman–Crippen MR) is 103 cm³/mol. The third-order valence-electron chi connectivity index (χ3n) is 4.14. The van der Waals surface area contributed by atoms with Gasteiger partial charge in [0.05, 0.1) is 11.9 Å². The second-order valence-corrected chi connectivity index (χ2v) is 5.76. The van der Waals surface area contributed by atoms with Crippen molar-refractivity contribution in [3.8, 4) is 11.1 Å². The van der Waals surface area contributed by atoms with Crippen molar-refractivity contribution >= 4 is 17.5 Å². The van der Waals surface area contributed by atoms with Crippen LogP contribution in [-0.2, 0) is 4.84 Å². The minimum atomic E-state index is 0.780. The fourth-order valence-corrected chi connectivity index (χ4v) is 2.73. The number of hydrogen-bond acceptors (Lipinski definition) is 3. The summed E-state index contributed by atoms with van der Waals surface area (Å²) in [6, 6.07) is 26.6. The largest absolute Gasteiger partial charge is 0.357 e. The van der Waals surface area contributed by atoms with E-state index in [0.717, 1.165) is 22.6 Å². The van der Waals surface area contributed by atoms with Crippen LogP contribution in [0.4, 0.5) is 5.69 Å². The van der Waals surface area contributed by atoms with Crippen LogP contribution in [0, 0.1) is 0 Å². The maximum absolute atomic E-state index is 5.91. The van der Waals surface area contributed by atoms with E-state index in [1.54, 1.807) is 5.17 Å². The Kier molecular flexibility index (Phi) is 3.97. The zero-order valence-electron chi connectivity index (χ0n) is 13.7. The number of anilines is 1. The molecule has 1 N–H and O–H groups in total. The van der Waals surface area contributed by atoms with E-state index in [1.807, 2.05) is 66.9 Å². The Morgan fingerprint density at radius 3 is 2.08 bits per heavy atom. The van der Waals surface area contributed by atoms with Crippen molar-refractivity contribution < 1.29 is 4.84 Å². The molecule has 0 radical (unpaired) electrons. The molecule has 0 bridgehead atoms. The average Bonchev–Trinajstić information content (AvgIpc) is 3.19. The summed E-state index contributed by atoms with van der Waals surface area (Å²) in [5.74, 6) is 0.780. The van der Waals surface area contributed by atoms with Crippen molar-refractivity contribution in [3.05, 3.63) is 103 Å². The molecule has 0 spiro atoms. The molecule has 3 nitrogen and oxygen atoms in total. The standard InChI is InChI=1S/C22H18N2O/c1-2-17-8-10-20(11-9-17)22-16-23-24(25-22)21-14-12-19(13-15-21)18-6-4-3-5-7-18/h2-16,23H,1H2. The lowest BCUT2D eigenvalue weighted by Gasteiger charge is -2.18. The Labute approximate surface area is 147 Å². The second-order valence-electron chi connectivity index (χ2n) is 5.76. The molecule has 0 fully saturated rings. The first-order chi connectivity index (χ1) is 12.3. The molecule has 0 atom stereocenters. The topological polar surface area (TPSA) is 24.5 Å². The van der Waals surface area contributed by atoms with Gasteiger partial charge in [-0.3, -0.25) is 5.43 Å². The molecular weight excluding hydrogens is 308 g/mol. The Bertz CT molecular complexity index is 897. The summed E-state index contributed by atoms with van der Waals surface area (Å²) in [7, 11) is 0. The fraction of sp³-hybridized carbons (Fsp3) is 0. The van der Waals surface area contributed by atoms with Gasteiger partial charge in [0.2, 0.25) is 0 Å². The first kappa shape index (κ1) is 15.1. The monoisotopic (exact) mass is 326 g/mol. The number of nitrogens with zero attached hydrogens (tertiary/aromatic N) is 1. The van der Waals surface area contributed by atoms with Crippen LogP contribution >= 0.6 is 0 Å². The third kappa shape index (κ3) is 3.12. The number of hydrazine groups is 1. The summed E-state index contributed by atoms with van der Waals surface area (Å²) >= 11 is 0. The zero-order chi connectivity index (χ0) is 17.1. The van der Waals surface area contributed by atoms with Gasteiger partial charge < -0.3 is 4.84 Å². The van der Waals surface area contributed by atoms with Crippen molar-refractivity contribution in [1.82, 2.24) is 5.43 Å². The van der Waals surface area contributed by atoms with Gasteiger partial charge in [0.25, 0.3) is 0 Å². The molecule has 1 heterocycles. The number of benzene rings is 3. The quantitative estimate of drug-likeness (QED) is 0.708. The van der Waals surface area contributed by atoms with Crippen molar-refractivity contribution in [1.29, 1.82) is 0 Å². The molecule has 3 heteroatoms. The molecule has 0 aliphatic carbocycles. The number of rotatable bonds is 4. The summed E-state index contributed by atoms with van der Waals surface area (Å²) in [5.41, 5.74) is 8.56. The smallest absolute Gasteiger partial charge is 0.182 e. The van der Waals surface area contributed by atoms with Crippen LogP contribution in [0.15, 0.2) is 91.6 Å². The highest BCUT2D eigenvalue weighted by Gasteiger charge is 2.17. The lowest BCUT2D eigenvalue weighted by Crippen LogP contribution is -2.27. The van der Waals surface area contributed by atoms with Gasteiger partial charge in [-0.05, 0) is 28.8 Å². The molecule has 1 aliphatic rings. The summed E-state index contributed by atoms with van der Waals surface area (Å²) in [4.78, 5) is 5.91. The molecule has 3 aromatic rings. The van der Waals surface area contributed by atoms with Crippen molar-refractivity contribution in [3.63, 3.8) is 0 Å². The zero-order valence-corrected chi connectivity index (χ0v) is 13.7. The summed E-state index contributed by atoms with van der Waals surface area (Å²) in [6.07, 6.45) is 3.68. The number of nitrogens with one attached hydrogen (secondary N) is 1. The molecule has 4 rings (SSSR count). The molecule has 3 aromatic carbocycles. The number of hydrogen-bond donors (Lipinski definition) is 1.